The van der Waals surface area contributed by atoms with Crippen LogP contribution in [0, 0.1) is 0 Å². The highest BCUT2D eigenvalue weighted by Gasteiger charge is 2.32. The topological polar surface area (TPSA) is 191 Å². The first-order valence-corrected chi connectivity index (χ1v) is 11.7. The molecule has 184 valence electrons. The van der Waals surface area contributed by atoms with Crippen LogP contribution in [0.4, 0.5) is 0 Å². The fraction of sp³-hybridized carbons (Fsp3) is 0.524. The van der Waals surface area contributed by atoms with Crippen LogP contribution in [0.15, 0.2) is 24.3 Å². The van der Waals surface area contributed by atoms with Gasteiger partial charge in [0, 0.05) is 6.42 Å². The molecule has 0 aliphatic rings. The first-order valence-electron chi connectivity index (χ1n) is 10.3. The van der Waals surface area contributed by atoms with E-state index in [4.69, 9.17) is 5.73 Å². The van der Waals surface area contributed by atoms with Gasteiger partial charge in [-0.2, -0.15) is 11.8 Å². The van der Waals surface area contributed by atoms with Crippen molar-refractivity contribution in [3.63, 3.8) is 0 Å². The lowest BCUT2D eigenvalue weighted by Gasteiger charge is -2.26. The Hall–Kier alpha value is -2.83. The Balaban J connectivity index is 3.10. The van der Waals surface area contributed by atoms with Crippen molar-refractivity contribution in [2.24, 2.45) is 5.73 Å². The van der Waals surface area contributed by atoms with Crippen LogP contribution in [0.25, 0.3) is 0 Å². The zero-order valence-electron chi connectivity index (χ0n) is 18.8. The van der Waals surface area contributed by atoms with Crippen LogP contribution in [-0.2, 0) is 25.6 Å². The molecule has 0 aliphatic heterocycles. The summed E-state index contributed by atoms with van der Waals surface area (Å²) < 4.78 is 0. The van der Waals surface area contributed by atoms with Crippen molar-refractivity contribution in [3.8, 4) is 5.75 Å². The number of aromatic hydroxyl groups is 1. The van der Waals surface area contributed by atoms with Crippen LogP contribution in [0.3, 0.4) is 0 Å². The second-order valence-electron chi connectivity index (χ2n) is 7.63. The molecule has 33 heavy (non-hydrogen) atoms. The maximum atomic E-state index is 12.9. The summed E-state index contributed by atoms with van der Waals surface area (Å²) >= 11 is 1.43. The molecule has 1 rings (SSSR count). The van der Waals surface area contributed by atoms with E-state index in [9.17, 15) is 34.5 Å². The number of hydrogen-bond donors (Lipinski definition) is 7. The van der Waals surface area contributed by atoms with Crippen molar-refractivity contribution in [2.75, 3.05) is 12.0 Å². The van der Waals surface area contributed by atoms with Crippen LogP contribution in [-0.4, -0.2) is 81.3 Å². The lowest BCUT2D eigenvalue weighted by atomic mass is 10.0. The highest BCUT2D eigenvalue weighted by molar-refractivity contribution is 7.98. The number of thioether (sulfide) groups is 1. The van der Waals surface area contributed by atoms with Crippen LogP contribution in [0.1, 0.15) is 25.8 Å². The number of nitrogens with one attached hydrogen (secondary N) is 3. The molecule has 1 aromatic carbocycles. The molecule has 12 heteroatoms. The number of aliphatic carboxylic acids is 1. The second kappa shape index (κ2) is 13.7. The molecule has 0 aromatic heterocycles. The molecule has 8 N–H and O–H groups in total. The largest absolute Gasteiger partial charge is 0.508 e. The highest BCUT2D eigenvalue weighted by atomic mass is 32.2. The maximum Gasteiger partial charge on any atom is 0.326 e. The third-order valence-corrected chi connectivity index (χ3v) is 5.35. The molecule has 1 aromatic rings. The smallest absolute Gasteiger partial charge is 0.326 e. The molecule has 0 saturated heterocycles. The molecular formula is C21H32N4O7S. The summed E-state index contributed by atoms with van der Waals surface area (Å²) in [6.45, 7) is 2.71. The minimum absolute atomic E-state index is 0.0135. The maximum absolute atomic E-state index is 12.9. The van der Waals surface area contributed by atoms with Crippen LogP contribution in [0.2, 0.25) is 0 Å². The zero-order chi connectivity index (χ0) is 25.1. The Bertz CT molecular complexity index is 817. The number of rotatable bonds is 13. The first kappa shape index (κ1) is 28.2. The minimum atomic E-state index is -1.38. The predicted molar refractivity (Wildman–Crippen MR) is 124 cm³/mol. The summed E-state index contributed by atoms with van der Waals surface area (Å²) in [5, 5.41) is 36.1. The number of carbonyl (C=O) groups excluding carboxylic acids is 3. The van der Waals surface area contributed by atoms with Crippen molar-refractivity contribution >= 4 is 35.5 Å². The van der Waals surface area contributed by atoms with Crippen molar-refractivity contribution in [1.29, 1.82) is 0 Å². The number of benzene rings is 1. The van der Waals surface area contributed by atoms with Crippen molar-refractivity contribution in [3.05, 3.63) is 29.8 Å². The zero-order valence-corrected chi connectivity index (χ0v) is 19.6. The number of carboxylic acids is 1. The van der Waals surface area contributed by atoms with Gasteiger partial charge in [-0.25, -0.2) is 4.79 Å². The third-order valence-electron chi connectivity index (χ3n) is 4.71. The number of aliphatic hydroxyl groups is 1. The second-order valence-corrected chi connectivity index (χ2v) is 8.61. The highest BCUT2D eigenvalue weighted by Crippen LogP contribution is 2.12. The summed E-state index contributed by atoms with van der Waals surface area (Å²) in [4.78, 5) is 49.2. The summed E-state index contributed by atoms with van der Waals surface area (Å²) in [6.07, 6.45) is 0.670. The van der Waals surface area contributed by atoms with Gasteiger partial charge in [-0.05, 0) is 50.0 Å². The predicted octanol–water partition coefficient (Wildman–Crippen LogP) is -1.05. The van der Waals surface area contributed by atoms with Gasteiger partial charge >= 0.3 is 5.97 Å². The van der Waals surface area contributed by atoms with E-state index >= 15 is 0 Å². The molecule has 0 heterocycles. The first-order chi connectivity index (χ1) is 15.5. The summed E-state index contributed by atoms with van der Waals surface area (Å²) in [5.41, 5.74) is 6.09. The van der Waals surface area contributed by atoms with E-state index in [2.05, 4.69) is 16.0 Å². The molecule has 5 atom stereocenters. The van der Waals surface area contributed by atoms with Gasteiger partial charge in [0.25, 0.3) is 0 Å². The molecule has 3 amide bonds. The summed E-state index contributed by atoms with van der Waals surface area (Å²) in [5.74, 6) is -2.95. The lowest BCUT2D eigenvalue weighted by Crippen LogP contribution is -2.60. The number of amides is 3. The van der Waals surface area contributed by atoms with Crippen LogP contribution >= 0.6 is 11.8 Å². The number of nitrogens with two attached hydrogens (primary N) is 1. The molecule has 0 bridgehead atoms. The Morgan fingerprint density at radius 1 is 0.970 bits per heavy atom. The molecule has 0 fully saturated rings. The molecule has 0 unspecified atom stereocenters. The van der Waals surface area contributed by atoms with Crippen molar-refractivity contribution in [2.45, 2.75) is 57.0 Å². The van der Waals surface area contributed by atoms with Crippen LogP contribution in [0.5, 0.6) is 5.75 Å². The quantitative estimate of drug-likeness (QED) is 0.183. The average molecular weight is 485 g/mol. The van der Waals surface area contributed by atoms with E-state index in [1.165, 1.54) is 37.7 Å². The van der Waals surface area contributed by atoms with Gasteiger partial charge in [0.15, 0.2) is 0 Å². The van der Waals surface area contributed by atoms with Gasteiger partial charge in [-0.1, -0.05) is 12.1 Å². The monoisotopic (exact) mass is 484 g/mol. The molecule has 0 aliphatic carbocycles. The summed E-state index contributed by atoms with van der Waals surface area (Å²) in [7, 11) is 0. The molecular weight excluding hydrogens is 452 g/mol. The van der Waals surface area contributed by atoms with E-state index in [1.807, 2.05) is 0 Å². The Morgan fingerprint density at radius 3 is 2.03 bits per heavy atom. The number of phenolic OH excluding ortho intramolecular Hbond substituents is 1. The van der Waals surface area contributed by atoms with Crippen molar-refractivity contribution < 1.29 is 34.5 Å². The molecule has 0 radical (unpaired) electrons. The molecule has 0 spiro atoms. The van der Waals surface area contributed by atoms with Gasteiger partial charge < -0.3 is 37.0 Å². The number of carboxylic acid groups (broad SMARTS) is 1. The normalized spacial score (nSPS) is 15.4. The van der Waals surface area contributed by atoms with E-state index < -0.39 is 54.0 Å². The summed E-state index contributed by atoms with van der Waals surface area (Å²) in [6, 6.07) is 1.23. The van der Waals surface area contributed by atoms with Gasteiger partial charge in [0.1, 0.15) is 23.9 Å². The minimum Gasteiger partial charge on any atom is -0.508 e. The average Bonchev–Trinajstić information content (AvgIpc) is 2.74. The fourth-order valence-corrected chi connectivity index (χ4v) is 3.27. The number of aliphatic hydroxyl groups excluding tert-OH is 1. The number of carbonyl (C=O) groups is 4. The standard InChI is InChI=1S/C21H32N4O7S/c1-11(22)18(28)25-17(12(2)26)20(30)24-16(10-13-4-6-14(27)7-5-13)19(29)23-15(21(31)32)8-9-33-3/h4-7,11-12,15-17,26-27H,8-10,22H2,1-3H3,(H,23,29)(H,24,30)(H,25,28)(H,31,32)/t11-,12+,15-,16-,17-/m0/s1. The van der Waals surface area contributed by atoms with Gasteiger partial charge in [-0.15, -0.1) is 0 Å². The molecule has 0 saturated carbocycles. The van der Waals surface area contributed by atoms with Gasteiger partial charge in [0.2, 0.25) is 17.7 Å². The van der Waals surface area contributed by atoms with E-state index in [-0.39, 0.29) is 18.6 Å². The lowest BCUT2D eigenvalue weighted by molar-refractivity contribution is -0.142. The van der Waals surface area contributed by atoms with Gasteiger partial charge in [-0.3, -0.25) is 14.4 Å². The Kier molecular flexibility index (Phi) is 11.7. The third kappa shape index (κ3) is 9.68. The van der Waals surface area contributed by atoms with E-state index in [0.717, 1.165) is 0 Å². The molecule has 11 nitrogen and oxygen atoms in total. The Labute approximate surface area is 196 Å². The van der Waals surface area contributed by atoms with E-state index in [1.54, 1.807) is 18.4 Å². The number of phenols is 1. The fourth-order valence-electron chi connectivity index (χ4n) is 2.79. The van der Waals surface area contributed by atoms with Gasteiger partial charge in [0.05, 0.1) is 12.1 Å². The van der Waals surface area contributed by atoms with E-state index in [0.29, 0.717) is 11.3 Å². The van der Waals surface area contributed by atoms with Crippen LogP contribution < -0.4 is 21.7 Å². The van der Waals surface area contributed by atoms with Crippen molar-refractivity contribution in [1.82, 2.24) is 16.0 Å². The Morgan fingerprint density at radius 2 is 1.55 bits per heavy atom. The SMILES string of the molecule is CSCC[C@H](NC(=O)[C@H](Cc1ccc(O)cc1)NC(=O)[C@@H](NC(=O)[C@H](C)N)[C@@H](C)O)C(=O)O. The number of hydrogen-bond acceptors (Lipinski definition) is 8.